The van der Waals surface area contributed by atoms with E-state index in [2.05, 4.69) is 5.32 Å². The molecule has 0 saturated carbocycles. The van der Waals surface area contributed by atoms with E-state index in [0.717, 1.165) is 0 Å². The molecule has 0 aliphatic rings. The van der Waals surface area contributed by atoms with Crippen molar-refractivity contribution in [2.75, 3.05) is 7.05 Å². The molecule has 0 aromatic rings. The average molecular weight is 87.1 g/mol. The van der Waals surface area contributed by atoms with Crippen LogP contribution in [0.25, 0.3) is 0 Å². The van der Waals surface area contributed by atoms with Gasteiger partial charge in [0.1, 0.15) is 5.76 Å². The summed E-state index contributed by atoms with van der Waals surface area (Å²) in [5, 5.41) is 11.0. The van der Waals surface area contributed by atoms with Crippen molar-refractivity contribution < 1.29 is 5.11 Å². The lowest BCUT2D eigenvalue weighted by molar-refractivity contribution is 0.410. The number of rotatable bonds is 1. The van der Waals surface area contributed by atoms with E-state index < -0.39 is 0 Å². The van der Waals surface area contributed by atoms with Crippen LogP contribution in [0.4, 0.5) is 0 Å². The molecule has 0 radical (unpaired) electrons. The summed E-state index contributed by atoms with van der Waals surface area (Å²) < 4.78 is 0. The first-order valence-electron chi connectivity index (χ1n) is 1.80. The van der Waals surface area contributed by atoms with E-state index in [4.69, 9.17) is 5.11 Å². The first-order chi connectivity index (χ1) is 2.77. The second kappa shape index (κ2) is 2.57. The lowest BCUT2D eigenvalue weighted by Crippen LogP contribution is -1.92. The number of aliphatic hydroxyl groups excluding tert-OH is 1. The molecule has 0 rings (SSSR count). The maximum absolute atomic E-state index is 8.35. The Labute approximate surface area is 37.5 Å². The predicted octanol–water partition coefficient (Wildman–Crippen LogP) is 0.625. The van der Waals surface area contributed by atoms with E-state index in [9.17, 15) is 0 Å². The molecule has 0 aliphatic heterocycles. The minimum absolute atomic E-state index is 0.303. The SMILES string of the molecule is CN/C=C(\C)O. The van der Waals surface area contributed by atoms with Crippen molar-refractivity contribution in [2.24, 2.45) is 0 Å². The van der Waals surface area contributed by atoms with Gasteiger partial charge in [0.15, 0.2) is 0 Å². The second-order valence-corrected chi connectivity index (χ2v) is 1.07. The summed E-state index contributed by atoms with van der Waals surface area (Å²) in [7, 11) is 1.74. The Balaban J connectivity index is 3.14. The Morgan fingerprint density at radius 2 is 2.33 bits per heavy atom. The molecule has 0 heterocycles. The number of hydrogen-bond acceptors (Lipinski definition) is 2. The van der Waals surface area contributed by atoms with Gasteiger partial charge in [0.2, 0.25) is 0 Å². The van der Waals surface area contributed by atoms with E-state index >= 15 is 0 Å². The van der Waals surface area contributed by atoms with Gasteiger partial charge in [-0.2, -0.15) is 0 Å². The minimum atomic E-state index is 0.303. The van der Waals surface area contributed by atoms with Crippen LogP contribution in [0.1, 0.15) is 6.92 Å². The van der Waals surface area contributed by atoms with Crippen LogP contribution in [0.2, 0.25) is 0 Å². The minimum Gasteiger partial charge on any atom is -0.511 e. The van der Waals surface area contributed by atoms with Crippen molar-refractivity contribution >= 4 is 0 Å². The van der Waals surface area contributed by atoms with E-state index in [0.29, 0.717) is 5.76 Å². The van der Waals surface area contributed by atoms with Crippen LogP contribution in [0.3, 0.4) is 0 Å². The molecule has 6 heavy (non-hydrogen) atoms. The Morgan fingerprint density at radius 3 is 2.33 bits per heavy atom. The first kappa shape index (κ1) is 5.34. The van der Waals surface area contributed by atoms with Gasteiger partial charge in [-0.15, -0.1) is 0 Å². The highest BCUT2D eigenvalue weighted by Crippen LogP contribution is 1.74. The Kier molecular flexibility index (Phi) is 2.29. The molecule has 0 aliphatic carbocycles. The molecular weight excluding hydrogens is 78.0 g/mol. The van der Waals surface area contributed by atoms with Crippen molar-refractivity contribution in [3.8, 4) is 0 Å². The zero-order valence-corrected chi connectivity index (χ0v) is 4.02. The highest BCUT2D eigenvalue weighted by molar-refractivity contribution is 4.81. The Bertz CT molecular complexity index is 54.6. The monoisotopic (exact) mass is 87.1 g/mol. The molecule has 0 unspecified atom stereocenters. The fourth-order valence-corrected chi connectivity index (χ4v) is 0.209. The summed E-state index contributed by atoms with van der Waals surface area (Å²) in [6, 6.07) is 0. The molecule has 2 nitrogen and oxygen atoms in total. The highest BCUT2D eigenvalue weighted by Gasteiger charge is 1.68. The zero-order chi connectivity index (χ0) is 4.99. The van der Waals surface area contributed by atoms with E-state index in [1.54, 1.807) is 14.0 Å². The van der Waals surface area contributed by atoms with Gasteiger partial charge in [-0.05, 0) is 6.92 Å². The van der Waals surface area contributed by atoms with Crippen LogP contribution in [0.5, 0.6) is 0 Å². The Hall–Kier alpha value is -0.660. The van der Waals surface area contributed by atoms with Crippen LogP contribution >= 0.6 is 0 Å². The van der Waals surface area contributed by atoms with Crippen molar-refractivity contribution in [1.29, 1.82) is 0 Å². The molecule has 2 heteroatoms. The van der Waals surface area contributed by atoms with Crippen molar-refractivity contribution in [2.45, 2.75) is 6.92 Å². The van der Waals surface area contributed by atoms with Gasteiger partial charge in [0.25, 0.3) is 0 Å². The fraction of sp³-hybridized carbons (Fsp3) is 0.500. The number of nitrogens with one attached hydrogen (secondary N) is 1. The summed E-state index contributed by atoms with van der Waals surface area (Å²) in [6.07, 6.45) is 1.51. The fourth-order valence-electron chi connectivity index (χ4n) is 0.209. The molecule has 0 saturated heterocycles. The van der Waals surface area contributed by atoms with Gasteiger partial charge >= 0.3 is 0 Å². The third-order valence-electron chi connectivity index (χ3n) is 0.353. The van der Waals surface area contributed by atoms with Crippen LogP contribution in [-0.2, 0) is 0 Å². The Morgan fingerprint density at radius 1 is 1.83 bits per heavy atom. The summed E-state index contributed by atoms with van der Waals surface area (Å²) in [6.45, 7) is 1.61. The van der Waals surface area contributed by atoms with E-state index in [1.807, 2.05) is 0 Å². The van der Waals surface area contributed by atoms with Gasteiger partial charge in [0.05, 0.1) is 0 Å². The lowest BCUT2D eigenvalue weighted by Gasteiger charge is -1.84. The van der Waals surface area contributed by atoms with Gasteiger partial charge in [-0.1, -0.05) is 0 Å². The third-order valence-corrected chi connectivity index (χ3v) is 0.353. The maximum Gasteiger partial charge on any atom is 0.105 e. The molecule has 0 aromatic carbocycles. The topological polar surface area (TPSA) is 32.3 Å². The number of hydrogen-bond donors (Lipinski definition) is 2. The maximum atomic E-state index is 8.35. The highest BCUT2D eigenvalue weighted by atomic mass is 16.3. The molecule has 0 fully saturated rings. The molecular formula is C4H9NO. The van der Waals surface area contributed by atoms with Gasteiger partial charge < -0.3 is 10.4 Å². The molecule has 0 amide bonds. The smallest absolute Gasteiger partial charge is 0.105 e. The van der Waals surface area contributed by atoms with Crippen LogP contribution in [-0.4, -0.2) is 12.2 Å². The molecule has 0 bridgehead atoms. The van der Waals surface area contributed by atoms with Gasteiger partial charge in [-0.3, -0.25) is 0 Å². The molecule has 0 spiro atoms. The van der Waals surface area contributed by atoms with Gasteiger partial charge in [0, 0.05) is 13.2 Å². The summed E-state index contributed by atoms with van der Waals surface area (Å²) in [5.41, 5.74) is 0. The van der Waals surface area contributed by atoms with Crippen molar-refractivity contribution in [1.82, 2.24) is 5.32 Å². The van der Waals surface area contributed by atoms with E-state index in [-0.39, 0.29) is 0 Å². The quantitative estimate of drug-likeness (QED) is 0.459. The van der Waals surface area contributed by atoms with Crippen LogP contribution in [0, 0.1) is 0 Å². The molecule has 2 N–H and O–H groups in total. The van der Waals surface area contributed by atoms with Gasteiger partial charge in [-0.25, -0.2) is 0 Å². The molecule has 0 aromatic heterocycles. The zero-order valence-electron chi connectivity index (χ0n) is 4.02. The van der Waals surface area contributed by atoms with Crippen LogP contribution in [0.15, 0.2) is 12.0 Å². The summed E-state index contributed by atoms with van der Waals surface area (Å²) in [4.78, 5) is 0. The van der Waals surface area contributed by atoms with Crippen molar-refractivity contribution in [3.63, 3.8) is 0 Å². The number of allylic oxidation sites excluding steroid dienone is 1. The largest absolute Gasteiger partial charge is 0.511 e. The second-order valence-electron chi connectivity index (χ2n) is 1.07. The normalized spacial score (nSPS) is 11.3. The standard InChI is InChI=1S/C4H9NO/c1-4(6)3-5-2/h3,5-6H,1-2H3/b4-3+. The average Bonchev–Trinajstić information content (AvgIpc) is 1.35. The number of aliphatic hydroxyl groups is 1. The summed E-state index contributed by atoms with van der Waals surface area (Å²) >= 11 is 0. The first-order valence-corrected chi connectivity index (χ1v) is 1.80. The van der Waals surface area contributed by atoms with Crippen LogP contribution < -0.4 is 5.32 Å². The molecule has 36 valence electrons. The van der Waals surface area contributed by atoms with Crippen molar-refractivity contribution in [3.05, 3.63) is 12.0 Å². The molecule has 0 atom stereocenters. The lowest BCUT2D eigenvalue weighted by atomic mass is 10.6. The third kappa shape index (κ3) is 3.34. The summed E-state index contributed by atoms with van der Waals surface area (Å²) in [5.74, 6) is 0.303. The predicted molar refractivity (Wildman–Crippen MR) is 25.4 cm³/mol. The van der Waals surface area contributed by atoms with E-state index in [1.165, 1.54) is 6.20 Å².